The Morgan fingerprint density at radius 2 is 2.00 bits per heavy atom. The van der Waals surface area contributed by atoms with Crippen molar-refractivity contribution in [2.45, 2.75) is 6.42 Å². The molecule has 0 spiro atoms. The molecular weight excluding hydrogens is 365 g/mol. The van der Waals surface area contributed by atoms with E-state index in [1.807, 2.05) is 6.07 Å². The van der Waals surface area contributed by atoms with E-state index in [4.69, 9.17) is 0 Å². The van der Waals surface area contributed by atoms with Crippen LogP contribution in [-0.4, -0.2) is 10.8 Å². The molecule has 2 aromatic rings. The van der Waals surface area contributed by atoms with E-state index in [0.717, 1.165) is 10.0 Å². The minimum absolute atomic E-state index is 0.152. The molecule has 0 amide bonds. The number of carbonyl (C=O) groups excluding carboxylic acids is 1. The van der Waals surface area contributed by atoms with Gasteiger partial charge in [-0.05, 0) is 45.8 Å². The van der Waals surface area contributed by atoms with Crippen molar-refractivity contribution in [1.82, 2.24) is 4.98 Å². The molecule has 1 aromatic heterocycles. The summed E-state index contributed by atoms with van der Waals surface area (Å²) in [5, 5.41) is 0. The molecule has 0 atom stereocenters. The lowest BCUT2D eigenvalue weighted by Crippen LogP contribution is -2.05. The normalized spacial score (nSPS) is 10.4. The summed E-state index contributed by atoms with van der Waals surface area (Å²) in [6.45, 7) is 0. The van der Waals surface area contributed by atoms with Crippen LogP contribution in [0.2, 0.25) is 0 Å². The van der Waals surface area contributed by atoms with Gasteiger partial charge in [-0.3, -0.25) is 9.78 Å². The highest BCUT2D eigenvalue weighted by atomic mass is 79.9. The van der Waals surface area contributed by atoms with Gasteiger partial charge >= 0.3 is 0 Å². The van der Waals surface area contributed by atoms with Gasteiger partial charge in [0.15, 0.2) is 5.78 Å². The summed E-state index contributed by atoms with van der Waals surface area (Å²) in [5.41, 5.74) is 1.13. The zero-order valence-corrected chi connectivity index (χ0v) is 12.3. The van der Waals surface area contributed by atoms with Crippen molar-refractivity contribution < 1.29 is 9.18 Å². The Hall–Kier alpha value is -1.07. The first-order chi connectivity index (χ1) is 8.56. The predicted molar refractivity (Wildman–Crippen MR) is 74.1 cm³/mol. The second-order valence-electron chi connectivity index (χ2n) is 3.74. The monoisotopic (exact) mass is 371 g/mol. The molecule has 0 saturated carbocycles. The zero-order chi connectivity index (χ0) is 13.1. The molecule has 0 N–H and O–H groups in total. The molecule has 0 aliphatic heterocycles. The summed E-state index contributed by atoms with van der Waals surface area (Å²) < 4.78 is 14.5. The van der Waals surface area contributed by atoms with Crippen molar-refractivity contribution >= 4 is 37.6 Å². The molecule has 1 aromatic carbocycles. The molecule has 1 heterocycles. The van der Waals surface area contributed by atoms with Gasteiger partial charge in [0.1, 0.15) is 5.82 Å². The number of hydrogen-bond acceptors (Lipinski definition) is 2. The Kier molecular flexibility index (Phi) is 4.24. The highest BCUT2D eigenvalue weighted by Crippen LogP contribution is 2.20. The number of ketones is 1. The fraction of sp³-hybridized carbons (Fsp3) is 0.0769. The van der Waals surface area contributed by atoms with E-state index < -0.39 is 5.82 Å². The summed E-state index contributed by atoms with van der Waals surface area (Å²) >= 11 is 6.54. The minimum Gasteiger partial charge on any atom is -0.294 e. The van der Waals surface area contributed by atoms with Crippen LogP contribution in [0.15, 0.2) is 45.6 Å². The molecule has 0 aliphatic carbocycles. The fourth-order valence-electron chi connectivity index (χ4n) is 1.54. The van der Waals surface area contributed by atoms with E-state index >= 15 is 0 Å². The van der Waals surface area contributed by atoms with Crippen LogP contribution >= 0.6 is 31.9 Å². The number of benzene rings is 1. The van der Waals surface area contributed by atoms with Crippen LogP contribution in [0.3, 0.4) is 0 Å². The first kappa shape index (κ1) is 13.4. The number of Topliss-reactive ketones (excluding diaryl/α,β-unsaturated/α-hetero) is 1. The first-order valence-electron chi connectivity index (χ1n) is 5.14. The lowest BCUT2D eigenvalue weighted by atomic mass is 10.0. The van der Waals surface area contributed by atoms with Gasteiger partial charge in [0.05, 0.1) is 0 Å². The number of hydrogen-bond donors (Lipinski definition) is 0. The SMILES string of the molecule is O=C(Cc1cncc(Br)c1)c1cc(F)ccc1Br. The van der Waals surface area contributed by atoms with Crippen LogP contribution in [0.1, 0.15) is 15.9 Å². The third kappa shape index (κ3) is 3.23. The summed E-state index contributed by atoms with van der Waals surface area (Å²) in [6.07, 6.45) is 3.45. The molecule has 0 radical (unpaired) electrons. The second-order valence-corrected chi connectivity index (χ2v) is 5.51. The molecule has 2 rings (SSSR count). The van der Waals surface area contributed by atoms with E-state index in [1.54, 1.807) is 12.4 Å². The van der Waals surface area contributed by atoms with Crippen molar-refractivity contribution in [2.24, 2.45) is 0 Å². The highest BCUT2D eigenvalue weighted by molar-refractivity contribution is 9.10. The van der Waals surface area contributed by atoms with Crippen molar-refractivity contribution in [3.63, 3.8) is 0 Å². The number of halogens is 3. The van der Waals surface area contributed by atoms with E-state index in [2.05, 4.69) is 36.8 Å². The van der Waals surface area contributed by atoms with Gasteiger partial charge in [-0.1, -0.05) is 15.9 Å². The van der Waals surface area contributed by atoms with Gasteiger partial charge in [0, 0.05) is 33.3 Å². The molecule has 0 bridgehead atoms. The van der Waals surface area contributed by atoms with Gasteiger partial charge < -0.3 is 0 Å². The van der Waals surface area contributed by atoms with Crippen LogP contribution in [0.5, 0.6) is 0 Å². The molecule has 5 heteroatoms. The predicted octanol–water partition coefficient (Wildman–Crippen LogP) is 4.17. The summed E-state index contributed by atoms with van der Waals surface area (Å²) in [4.78, 5) is 16.0. The van der Waals surface area contributed by atoms with Gasteiger partial charge in [-0.2, -0.15) is 0 Å². The second kappa shape index (κ2) is 5.71. The Labute approximate surface area is 121 Å². The molecule has 0 unspecified atom stereocenters. The Bertz CT molecular complexity index is 601. The number of nitrogens with zero attached hydrogens (tertiary/aromatic N) is 1. The van der Waals surface area contributed by atoms with Gasteiger partial charge in [0.2, 0.25) is 0 Å². The maximum atomic E-state index is 13.1. The maximum absolute atomic E-state index is 13.1. The highest BCUT2D eigenvalue weighted by Gasteiger charge is 2.12. The average Bonchev–Trinajstić information content (AvgIpc) is 2.32. The molecule has 0 aliphatic rings. The fourth-order valence-corrected chi connectivity index (χ4v) is 2.42. The number of aromatic nitrogens is 1. The van der Waals surface area contributed by atoms with Gasteiger partial charge in [0.25, 0.3) is 0 Å². The van der Waals surface area contributed by atoms with Crippen molar-refractivity contribution in [3.05, 3.63) is 62.5 Å². The number of carbonyl (C=O) groups is 1. The molecule has 2 nitrogen and oxygen atoms in total. The van der Waals surface area contributed by atoms with Crippen molar-refractivity contribution in [1.29, 1.82) is 0 Å². The summed E-state index contributed by atoms with van der Waals surface area (Å²) in [5.74, 6) is -0.574. The lowest BCUT2D eigenvalue weighted by Gasteiger charge is -2.04. The number of pyridine rings is 1. The zero-order valence-electron chi connectivity index (χ0n) is 9.16. The summed E-state index contributed by atoms with van der Waals surface area (Å²) in [6, 6.07) is 5.89. The Balaban J connectivity index is 2.24. The van der Waals surface area contributed by atoms with E-state index in [9.17, 15) is 9.18 Å². The average molecular weight is 373 g/mol. The summed E-state index contributed by atoms with van der Waals surface area (Å²) in [7, 11) is 0. The van der Waals surface area contributed by atoms with Crippen LogP contribution in [0.4, 0.5) is 4.39 Å². The third-order valence-corrected chi connectivity index (χ3v) is 3.48. The van der Waals surface area contributed by atoms with Crippen LogP contribution < -0.4 is 0 Å². The minimum atomic E-state index is -0.422. The smallest absolute Gasteiger partial charge is 0.168 e. The third-order valence-electron chi connectivity index (χ3n) is 2.36. The van der Waals surface area contributed by atoms with E-state index in [1.165, 1.54) is 18.2 Å². The quantitative estimate of drug-likeness (QED) is 0.757. The van der Waals surface area contributed by atoms with Gasteiger partial charge in [-0.15, -0.1) is 0 Å². The molecule has 0 fully saturated rings. The molecule has 0 saturated heterocycles. The Morgan fingerprint density at radius 1 is 1.22 bits per heavy atom. The van der Waals surface area contributed by atoms with Gasteiger partial charge in [-0.25, -0.2) is 4.39 Å². The van der Waals surface area contributed by atoms with Crippen molar-refractivity contribution in [3.8, 4) is 0 Å². The molecular formula is C13H8Br2FNO. The largest absolute Gasteiger partial charge is 0.294 e. The molecule has 18 heavy (non-hydrogen) atoms. The lowest BCUT2D eigenvalue weighted by molar-refractivity contribution is 0.0991. The van der Waals surface area contributed by atoms with Crippen molar-refractivity contribution in [2.75, 3.05) is 0 Å². The van der Waals surface area contributed by atoms with Crippen LogP contribution in [-0.2, 0) is 6.42 Å². The van der Waals surface area contributed by atoms with Crippen LogP contribution in [0.25, 0.3) is 0 Å². The molecule has 92 valence electrons. The maximum Gasteiger partial charge on any atom is 0.168 e. The Morgan fingerprint density at radius 3 is 2.72 bits per heavy atom. The van der Waals surface area contributed by atoms with E-state index in [-0.39, 0.29) is 12.2 Å². The number of rotatable bonds is 3. The van der Waals surface area contributed by atoms with E-state index in [0.29, 0.717) is 10.0 Å². The van der Waals surface area contributed by atoms with Crippen LogP contribution in [0, 0.1) is 5.82 Å². The first-order valence-corrected chi connectivity index (χ1v) is 6.72. The standard InChI is InChI=1S/C13H8Br2FNO/c14-9-3-8(6-17-7-9)4-13(18)11-5-10(16)1-2-12(11)15/h1-3,5-7H,4H2. The topological polar surface area (TPSA) is 30.0 Å².